The summed E-state index contributed by atoms with van der Waals surface area (Å²) in [4.78, 5) is 12.6. The Labute approximate surface area is 114 Å². The van der Waals surface area contributed by atoms with E-state index in [-0.39, 0.29) is 24.9 Å². The van der Waals surface area contributed by atoms with E-state index < -0.39 is 15.8 Å². The summed E-state index contributed by atoms with van der Waals surface area (Å²) in [5.41, 5.74) is 0. The second-order valence-corrected chi connectivity index (χ2v) is 7.30. The monoisotopic (exact) mass is 293 g/mol. The van der Waals surface area contributed by atoms with Crippen LogP contribution in [0.25, 0.3) is 0 Å². The smallest absolute Gasteiger partial charge is 0.305 e. The lowest BCUT2D eigenvalue weighted by molar-refractivity contribution is -0.138. The maximum absolute atomic E-state index is 11.0. The summed E-state index contributed by atoms with van der Waals surface area (Å²) in [6.45, 7) is 2.85. The largest absolute Gasteiger partial charge is 0.481 e. The van der Waals surface area contributed by atoms with Gasteiger partial charge in [0.15, 0.2) is 0 Å². The van der Waals surface area contributed by atoms with Crippen molar-refractivity contribution in [1.29, 1.82) is 0 Å². The number of hydrogen-bond donors (Lipinski definition) is 1. The van der Waals surface area contributed by atoms with Crippen LogP contribution in [0.3, 0.4) is 0 Å². The highest BCUT2D eigenvalue weighted by Gasteiger charge is 2.19. The Bertz CT molecular complexity index is 374. The van der Waals surface area contributed by atoms with Gasteiger partial charge in [-0.15, -0.1) is 0 Å². The minimum atomic E-state index is -2.86. The molecule has 1 aliphatic heterocycles. The van der Waals surface area contributed by atoms with Gasteiger partial charge in [-0.2, -0.15) is 0 Å². The van der Waals surface area contributed by atoms with E-state index in [9.17, 15) is 13.2 Å². The molecule has 1 fully saturated rings. The Kier molecular flexibility index (Phi) is 6.74. The van der Waals surface area contributed by atoms with Crippen LogP contribution in [-0.2, 0) is 19.4 Å². The maximum atomic E-state index is 11.0. The molecule has 0 aromatic rings. The van der Waals surface area contributed by atoms with E-state index in [0.29, 0.717) is 6.42 Å². The van der Waals surface area contributed by atoms with Crippen LogP contribution in [0.15, 0.2) is 0 Å². The Hall–Kier alpha value is -0.660. The first-order valence-electron chi connectivity index (χ1n) is 6.60. The van der Waals surface area contributed by atoms with E-state index in [0.717, 1.165) is 32.5 Å². The molecule has 1 saturated heterocycles. The highest BCUT2D eigenvalue weighted by atomic mass is 32.2. The Balaban J connectivity index is 2.10. The molecule has 19 heavy (non-hydrogen) atoms. The van der Waals surface area contributed by atoms with Crippen LogP contribution in [0.1, 0.15) is 25.7 Å². The van der Waals surface area contributed by atoms with Gasteiger partial charge >= 0.3 is 5.97 Å². The van der Waals surface area contributed by atoms with Crippen molar-refractivity contribution in [2.45, 2.75) is 31.8 Å². The molecule has 1 rings (SSSR count). The summed E-state index contributed by atoms with van der Waals surface area (Å²) < 4.78 is 27.5. The summed E-state index contributed by atoms with van der Waals surface area (Å²) in [7, 11) is -2.86. The predicted molar refractivity (Wildman–Crippen MR) is 72.0 cm³/mol. The van der Waals surface area contributed by atoms with Gasteiger partial charge in [0, 0.05) is 19.3 Å². The second-order valence-electron chi connectivity index (χ2n) is 5.04. The molecule has 0 amide bonds. The number of nitrogens with zero attached hydrogens (tertiary/aromatic N) is 1. The molecule has 0 aliphatic carbocycles. The lowest BCUT2D eigenvalue weighted by Crippen LogP contribution is -2.38. The number of carboxylic acids is 1. The Morgan fingerprint density at radius 1 is 1.37 bits per heavy atom. The molecule has 7 heteroatoms. The first kappa shape index (κ1) is 16.4. The molecule has 6 nitrogen and oxygen atoms in total. The SMILES string of the molecule is CS(=O)(=O)CCCN1CCC(OCCC(=O)O)CC1. The van der Waals surface area contributed by atoms with E-state index in [2.05, 4.69) is 4.90 Å². The summed E-state index contributed by atoms with van der Waals surface area (Å²) >= 11 is 0. The minimum absolute atomic E-state index is 0.0502. The number of likely N-dealkylation sites (tertiary alicyclic amines) is 1. The van der Waals surface area contributed by atoms with Crippen molar-refractivity contribution in [3.63, 3.8) is 0 Å². The number of ether oxygens (including phenoxy) is 1. The number of aliphatic carboxylic acids is 1. The van der Waals surface area contributed by atoms with E-state index in [1.807, 2.05) is 0 Å². The van der Waals surface area contributed by atoms with Gasteiger partial charge in [-0.3, -0.25) is 4.79 Å². The van der Waals surface area contributed by atoms with Crippen LogP contribution < -0.4 is 0 Å². The predicted octanol–water partition coefficient (Wildman–Crippen LogP) is 0.377. The standard InChI is InChI=1S/C12H23NO5S/c1-19(16,17)10-2-6-13-7-3-11(4-8-13)18-9-5-12(14)15/h11H,2-10H2,1H3,(H,14,15). The van der Waals surface area contributed by atoms with E-state index in [1.54, 1.807) is 0 Å². The molecule has 0 aromatic heterocycles. The molecule has 0 atom stereocenters. The minimum Gasteiger partial charge on any atom is -0.481 e. The summed E-state index contributed by atoms with van der Waals surface area (Å²) in [5, 5.41) is 8.51. The number of hydrogen-bond acceptors (Lipinski definition) is 5. The summed E-state index contributed by atoms with van der Waals surface area (Å²) in [6, 6.07) is 0. The molecule has 0 aromatic carbocycles. The van der Waals surface area contributed by atoms with E-state index in [1.165, 1.54) is 6.26 Å². The molecule has 112 valence electrons. The number of sulfone groups is 1. The average Bonchev–Trinajstić information content (AvgIpc) is 2.29. The molecule has 1 N–H and O–H groups in total. The van der Waals surface area contributed by atoms with Crippen molar-refractivity contribution in [2.75, 3.05) is 38.2 Å². The van der Waals surface area contributed by atoms with E-state index >= 15 is 0 Å². The van der Waals surface area contributed by atoms with Crippen molar-refractivity contribution in [3.05, 3.63) is 0 Å². The van der Waals surface area contributed by atoms with Gasteiger partial charge in [0.05, 0.1) is 24.9 Å². The van der Waals surface area contributed by atoms with Crippen molar-refractivity contribution in [2.24, 2.45) is 0 Å². The first-order valence-corrected chi connectivity index (χ1v) is 8.66. The topological polar surface area (TPSA) is 83.9 Å². The molecule has 0 saturated carbocycles. The zero-order chi connectivity index (χ0) is 14.3. The fourth-order valence-electron chi connectivity index (χ4n) is 2.16. The fraction of sp³-hybridized carbons (Fsp3) is 0.917. The highest BCUT2D eigenvalue weighted by Crippen LogP contribution is 2.14. The van der Waals surface area contributed by atoms with Gasteiger partial charge in [-0.05, 0) is 25.8 Å². The number of rotatable bonds is 8. The van der Waals surface area contributed by atoms with Crippen LogP contribution in [0, 0.1) is 0 Å². The molecule has 1 aliphatic rings. The molecule has 1 heterocycles. The van der Waals surface area contributed by atoms with Gasteiger partial charge < -0.3 is 14.7 Å². The van der Waals surface area contributed by atoms with Crippen molar-refractivity contribution >= 4 is 15.8 Å². The van der Waals surface area contributed by atoms with Crippen molar-refractivity contribution < 1.29 is 23.1 Å². The lowest BCUT2D eigenvalue weighted by atomic mass is 10.1. The maximum Gasteiger partial charge on any atom is 0.305 e. The van der Waals surface area contributed by atoms with Crippen LogP contribution in [0.2, 0.25) is 0 Å². The molecule has 0 radical (unpaired) electrons. The van der Waals surface area contributed by atoms with Gasteiger partial charge in [-0.25, -0.2) is 8.42 Å². The fourth-order valence-corrected chi connectivity index (χ4v) is 2.82. The molecule has 0 bridgehead atoms. The van der Waals surface area contributed by atoms with Gasteiger partial charge in [0.2, 0.25) is 0 Å². The van der Waals surface area contributed by atoms with Gasteiger partial charge in [0.25, 0.3) is 0 Å². The van der Waals surface area contributed by atoms with Crippen LogP contribution in [0.5, 0.6) is 0 Å². The normalized spacial score (nSPS) is 18.6. The molecular weight excluding hydrogens is 270 g/mol. The Morgan fingerprint density at radius 2 is 2.00 bits per heavy atom. The zero-order valence-corrected chi connectivity index (χ0v) is 12.2. The molecule has 0 spiro atoms. The molecule has 0 unspecified atom stereocenters. The third kappa shape index (κ3) is 8.18. The quantitative estimate of drug-likeness (QED) is 0.696. The van der Waals surface area contributed by atoms with Crippen LogP contribution >= 0.6 is 0 Å². The number of piperidine rings is 1. The Morgan fingerprint density at radius 3 is 2.53 bits per heavy atom. The first-order chi connectivity index (χ1) is 8.87. The average molecular weight is 293 g/mol. The zero-order valence-electron chi connectivity index (χ0n) is 11.4. The van der Waals surface area contributed by atoms with Gasteiger partial charge in [0.1, 0.15) is 9.84 Å². The number of carboxylic acid groups (broad SMARTS) is 1. The van der Waals surface area contributed by atoms with Crippen molar-refractivity contribution in [1.82, 2.24) is 4.90 Å². The van der Waals surface area contributed by atoms with Crippen LogP contribution in [-0.4, -0.2) is 68.7 Å². The van der Waals surface area contributed by atoms with E-state index in [4.69, 9.17) is 9.84 Å². The molecular formula is C12H23NO5S. The summed E-state index contributed by atoms with van der Waals surface area (Å²) in [5.74, 6) is -0.597. The summed E-state index contributed by atoms with van der Waals surface area (Å²) in [6.07, 6.45) is 3.90. The third-order valence-electron chi connectivity index (χ3n) is 3.19. The highest BCUT2D eigenvalue weighted by molar-refractivity contribution is 7.90. The third-order valence-corrected chi connectivity index (χ3v) is 4.22. The lowest BCUT2D eigenvalue weighted by Gasteiger charge is -2.31. The van der Waals surface area contributed by atoms with Gasteiger partial charge in [-0.1, -0.05) is 0 Å². The second kappa shape index (κ2) is 7.81. The number of carbonyl (C=O) groups is 1. The van der Waals surface area contributed by atoms with Crippen molar-refractivity contribution in [3.8, 4) is 0 Å². The van der Waals surface area contributed by atoms with Crippen LogP contribution in [0.4, 0.5) is 0 Å².